The fourth-order valence-corrected chi connectivity index (χ4v) is 3.63. The monoisotopic (exact) mass is 363 g/mol. The Kier molecular flexibility index (Phi) is 6.16. The maximum absolute atomic E-state index is 12.7. The molecule has 0 atom stereocenters. The van der Waals surface area contributed by atoms with Crippen molar-refractivity contribution in [1.82, 2.24) is 5.06 Å². The van der Waals surface area contributed by atoms with E-state index in [2.05, 4.69) is 0 Å². The highest BCUT2D eigenvalue weighted by molar-refractivity contribution is 5.76. The number of carbonyl (C=O) groups excluding carboxylic acids is 1. The highest BCUT2D eigenvalue weighted by Gasteiger charge is 2.47. The predicted molar refractivity (Wildman–Crippen MR) is 101 cm³/mol. The third-order valence-electron chi connectivity index (χ3n) is 5.00. The summed E-state index contributed by atoms with van der Waals surface area (Å²) in [4.78, 5) is 12.7. The van der Waals surface area contributed by atoms with E-state index < -0.39 is 16.5 Å². The summed E-state index contributed by atoms with van der Waals surface area (Å²) >= 11 is 0. The molecule has 5 heteroatoms. The predicted octanol–water partition coefficient (Wildman–Crippen LogP) is 4.18. The van der Waals surface area contributed by atoms with Gasteiger partial charge in [0.15, 0.2) is 0 Å². The van der Waals surface area contributed by atoms with E-state index in [-0.39, 0.29) is 12.1 Å². The van der Waals surface area contributed by atoms with Gasteiger partial charge in [0.25, 0.3) is 0 Å². The Bertz CT molecular complexity index is 592. The largest absolute Gasteiger partial charge is 0.462 e. The van der Waals surface area contributed by atoms with E-state index in [0.29, 0.717) is 26.1 Å². The molecule has 1 heterocycles. The third kappa shape index (κ3) is 5.06. The smallest absolute Gasteiger partial charge is 0.314 e. The van der Waals surface area contributed by atoms with Crippen molar-refractivity contribution in [1.29, 1.82) is 0 Å². The lowest BCUT2D eigenvalue weighted by Gasteiger charge is -2.51. The molecule has 1 N–H and O–H groups in total. The first-order chi connectivity index (χ1) is 11.9. The van der Waals surface area contributed by atoms with Crippen LogP contribution in [0.1, 0.15) is 59.9 Å². The molecule has 146 valence electrons. The summed E-state index contributed by atoms with van der Waals surface area (Å²) < 4.78 is 11.6. The Morgan fingerprint density at radius 3 is 2.23 bits per heavy atom. The molecule has 1 aromatic carbocycles. The van der Waals surface area contributed by atoms with Crippen molar-refractivity contribution in [2.24, 2.45) is 5.41 Å². The number of hydrogen-bond acceptors (Lipinski definition) is 5. The number of hydroxylamine groups is 2. The molecule has 1 saturated heterocycles. The minimum Gasteiger partial charge on any atom is -0.462 e. The van der Waals surface area contributed by atoms with Gasteiger partial charge in [0, 0.05) is 23.9 Å². The maximum Gasteiger partial charge on any atom is 0.314 e. The van der Waals surface area contributed by atoms with Gasteiger partial charge in [-0.15, -0.1) is 0 Å². The Morgan fingerprint density at radius 2 is 1.69 bits per heavy atom. The lowest BCUT2D eigenvalue weighted by atomic mass is 9.80. The normalized spacial score (nSPS) is 20.7. The van der Waals surface area contributed by atoms with Gasteiger partial charge in [-0.1, -0.05) is 30.3 Å². The zero-order valence-corrected chi connectivity index (χ0v) is 16.9. The SMILES string of the molecule is CC(C)(COCc1ccccc1)C(=O)OC1CC(C)(C)N(O)C(C)(C)C1. The van der Waals surface area contributed by atoms with E-state index in [1.165, 1.54) is 5.06 Å². The second-order valence-corrected chi connectivity index (χ2v) is 9.23. The Labute approximate surface area is 157 Å². The third-order valence-corrected chi connectivity index (χ3v) is 5.00. The van der Waals surface area contributed by atoms with E-state index in [9.17, 15) is 10.0 Å². The minimum absolute atomic E-state index is 0.218. The number of rotatable bonds is 6. The molecule has 0 aromatic heterocycles. The molecule has 1 aliphatic rings. The summed E-state index contributed by atoms with van der Waals surface area (Å²) in [6.07, 6.45) is 0.975. The van der Waals surface area contributed by atoms with Gasteiger partial charge in [-0.05, 0) is 47.1 Å². The number of piperidine rings is 1. The number of nitrogens with zero attached hydrogens (tertiary/aromatic N) is 1. The van der Waals surface area contributed by atoms with E-state index >= 15 is 0 Å². The first kappa shape index (κ1) is 20.9. The van der Waals surface area contributed by atoms with Crippen molar-refractivity contribution in [2.45, 2.75) is 78.2 Å². The Morgan fingerprint density at radius 1 is 1.15 bits per heavy atom. The van der Waals surface area contributed by atoms with Crippen molar-refractivity contribution < 1.29 is 19.5 Å². The molecule has 26 heavy (non-hydrogen) atoms. The zero-order chi connectivity index (χ0) is 19.6. The number of benzene rings is 1. The van der Waals surface area contributed by atoms with E-state index in [4.69, 9.17) is 9.47 Å². The quantitative estimate of drug-likeness (QED) is 0.768. The van der Waals surface area contributed by atoms with Gasteiger partial charge in [-0.25, -0.2) is 0 Å². The molecule has 1 aromatic rings. The van der Waals surface area contributed by atoms with Gasteiger partial charge in [0.2, 0.25) is 0 Å². The topological polar surface area (TPSA) is 59.0 Å². The molecular weight excluding hydrogens is 330 g/mol. The van der Waals surface area contributed by atoms with Crippen LogP contribution >= 0.6 is 0 Å². The van der Waals surface area contributed by atoms with Crippen LogP contribution < -0.4 is 0 Å². The van der Waals surface area contributed by atoms with Crippen LogP contribution in [-0.2, 0) is 20.9 Å². The first-order valence-electron chi connectivity index (χ1n) is 9.26. The van der Waals surface area contributed by atoms with Crippen LogP contribution in [0.3, 0.4) is 0 Å². The average molecular weight is 363 g/mol. The Balaban J connectivity index is 1.91. The van der Waals surface area contributed by atoms with Crippen molar-refractivity contribution in [3.63, 3.8) is 0 Å². The standard InChI is InChI=1S/C21H33NO4/c1-19(2,15-25-14-16-10-8-7-9-11-16)18(23)26-17-12-20(3,4)22(24)21(5,6)13-17/h7-11,17,24H,12-15H2,1-6H3. The second-order valence-electron chi connectivity index (χ2n) is 9.23. The summed E-state index contributed by atoms with van der Waals surface area (Å²) in [6.45, 7) is 12.3. The molecule has 0 radical (unpaired) electrons. The summed E-state index contributed by atoms with van der Waals surface area (Å²) in [5.74, 6) is -0.256. The average Bonchev–Trinajstić information content (AvgIpc) is 2.53. The molecule has 0 saturated carbocycles. The zero-order valence-electron chi connectivity index (χ0n) is 16.9. The van der Waals surface area contributed by atoms with Gasteiger partial charge in [-0.2, -0.15) is 5.06 Å². The molecule has 0 amide bonds. The molecule has 0 bridgehead atoms. The Hall–Kier alpha value is -1.43. The van der Waals surface area contributed by atoms with Gasteiger partial charge in [0.05, 0.1) is 18.6 Å². The van der Waals surface area contributed by atoms with Gasteiger partial charge in [0.1, 0.15) is 6.10 Å². The lowest BCUT2D eigenvalue weighted by Crippen LogP contribution is -2.61. The molecular formula is C21H33NO4. The maximum atomic E-state index is 12.7. The number of carbonyl (C=O) groups is 1. The first-order valence-corrected chi connectivity index (χ1v) is 9.26. The fourth-order valence-electron chi connectivity index (χ4n) is 3.63. The van der Waals surface area contributed by atoms with E-state index in [1.54, 1.807) is 0 Å². The van der Waals surface area contributed by atoms with E-state index in [0.717, 1.165) is 5.56 Å². The van der Waals surface area contributed by atoms with Crippen LogP contribution in [0.2, 0.25) is 0 Å². The second kappa shape index (κ2) is 7.67. The van der Waals surface area contributed by atoms with Gasteiger partial charge in [-0.3, -0.25) is 4.79 Å². The summed E-state index contributed by atoms with van der Waals surface area (Å²) in [7, 11) is 0. The van der Waals surface area contributed by atoms with Crippen LogP contribution in [0.5, 0.6) is 0 Å². The van der Waals surface area contributed by atoms with Crippen LogP contribution in [0.25, 0.3) is 0 Å². The van der Waals surface area contributed by atoms with Crippen LogP contribution in [0, 0.1) is 5.41 Å². The molecule has 5 nitrogen and oxygen atoms in total. The molecule has 0 spiro atoms. The van der Waals surface area contributed by atoms with E-state index in [1.807, 2.05) is 71.9 Å². The highest BCUT2D eigenvalue weighted by atomic mass is 16.6. The molecule has 1 aliphatic heterocycles. The minimum atomic E-state index is -0.723. The molecule has 1 fully saturated rings. The number of hydrogen-bond donors (Lipinski definition) is 1. The van der Waals surface area contributed by atoms with Crippen LogP contribution in [0.4, 0.5) is 0 Å². The van der Waals surface area contributed by atoms with Gasteiger partial charge < -0.3 is 14.7 Å². The number of ether oxygens (including phenoxy) is 2. The molecule has 2 rings (SSSR count). The van der Waals surface area contributed by atoms with Gasteiger partial charge >= 0.3 is 5.97 Å². The molecule has 0 unspecified atom stereocenters. The summed E-state index contributed by atoms with van der Waals surface area (Å²) in [6, 6.07) is 9.89. The lowest BCUT2D eigenvalue weighted by molar-refractivity contribution is -0.260. The van der Waals surface area contributed by atoms with Crippen LogP contribution in [0.15, 0.2) is 30.3 Å². The van der Waals surface area contributed by atoms with Crippen molar-refractivity contribution >= 4 is 5.97 Å². The van der Waals surface area contributed by atoms with Crippen LogP contribution in [-0.4, -0.2) is 40.0 Å². The van der Waals surface area contributed by atoms with Crippen molar-refractivity contribution in [3.8, 4) is 0 Å². The van der Waals surface area contributed by atoms with Crippen molar-refractivity contribution in [3.05, 3.63) is 35.9 Å². The van der Waals surface area contributed by atoms with Crippen molar-refractivity contribution in [2.75, 3.05) is 6.61 Å². The highest BCUT2D eigenvalue weighted by Crippen LogP contribution is 2.38. The fraction of sp³-hybridized carbons (Fsp3) is 0.667. The summed E-state index contributed by atoms with van der Waals surface area (Å²) in [5.41, 5.74) is -0.531. The number of esters is 1. The summed E-state index contributed by atoms with van der Waals surface area (Å²) in [5, 5.41) is 11.8. The molecule has 0 aliphatic carbocycles.